The highest BCUT2D eigenvalue weighted by molar-refractivity contribution is 5.99. The lowest BCUT2D eigenvalue weighted by Crippen LogP contribution is -2.09. The SMILES string of the molecule is COc1ccc(CCNc2nc(-c3cccc(F)c3)c3c(N)n(-c4ccc(OC)cc4)nc3n2)cc1. The number of halogens is 1. The van der Waals surface area contributed by atoms with Crippen molar-refractivity contribution in [3.63, 3.8) is 0 Å². The maximum absolute atomic E-state index is 14.1. The van der Waals surface area contributed by atoms with Gasteiger partial charge in [-0.25, -0.2) is 14.1 Å². The molecule has 2 heterocycles. The second-order valence-corrected chi connectivity index (χ2v) is 8.12. The van der Waals surface area contributed by atoms with Crippen LogP contribution in [0.5, 0.6) is 11.5 Å². The molecule has 0 amide bonds. The molecule has 3 N–H and O–H groups in total. The van der Waals surface area contributed by atoms with Crippen LogP contribution >= 0.6 is 0 Å². The molecular weight excluding hydrogens is 459 g/mol. The van der Waals surface area contributed by atoms with E-state index < -0.39 is 0 Å². The Morgan fingerprint density at radius 2 is 1.61 bits per heavy atom. The summed E-state index contributed by atoms with van der Waals surface area (Å²) in [7, 11) is 3.25. The minimum absolute atomic E-state index is 0.360. The number of rotatable bonds is 8. The fraction of sp³-hybridized carbons (Fsp3) is 0.148. The number of hydrogen-bond acceptors (Lipinski definition) is 7. The first-order valence-corrected chi connectivity index (χ1v) is 11.4. The van der Waals surface area contributed by atoms with Crippen LogP contribution in [0, 0.1) is 5.82 Å². The van der Waals surface area contributed by atoms with E-state index in [0.717, 1.165) is 29.2 Å². The smallest absolute Gasteiger partial charge is 0.225 e. The molecule has 0 spiro atoms. The second-order valence-electron chi connectivity index (χ2n) is 8.12. The molecule has 5 aromatic rings. The van der Waals surface area contributed by atoms with E-state index in [0.29, 0.717) is 40.6 Å². The summed E-state index contributed by atoms with van der Waals surface area (Å²) in [6.07, 6.45) is 0.753. The molecule has 0 bridgehead atoms. The van der Waals surface area contributed by atoms with E-state index in [9.17, 15) is 4.39 Å². The third-order valence-corrected chi connectivity index (χ3v) is 5.84. The molecule has 0 atom stereocenters. The summed E-state index contributed by atoms with van der Waals surface area (Å²) in [6.45, 7) is 0.592. The predicted octanol–water partition coefficient (Wildman–Crippen LogP) is 4.88. The van der Waals surface area contributed by atoms with Gasteiger partial charge >= 0.3 is 0 Å². The molecule has 2 aromatic heterocycles. The van der Waals surface area contributed by atoms with E-state index in [2.05, 4.69) is 15.4 Å². The molecule has 36 heavy (non-hydrogen) atoms. The van der Waals surface area contributed by atoms with Gasteiger partial charge in [-0.2, -0.15) is 4.98 Å². The van der Waals surface area contributed by atoms with E-state index in [1.807, 2.05) is 48.5 Å². The standard InChI is InChI=1S/C27H25FN6O2/c1-35-21-10-6-17(7-11-21)14-15-30-27-31-24(18-4-3-5-19(28)16-18)23-25(29)34(33-26(23)32-27)20-8-12-22(36-2)13-9-20/h3-13,16H,14-15,29H2,1-2H3,(H,30,32,33). The summed E-state index contributed by atoms with van der Waals surface area (Å²) in [5, 5.41) is 8.47. The van der Waals surface area contributed by atoms with E-state index in [-0.39, 0.29) is 5.82 Å². The van der Waals surface area contributed by atoms with Gasteiger partial charge in [0.05, 0.1) is 31.0 Å². The van der Waals surface area contributed by atoms with Gasteiger partial charge in [-0.1, -0.05) is 24.3 Å². The summed E-state index contributed by atoms with van der Waals surface area (Å²) in [4.78, 5) is 9.31. The van der Waals surface area contributed by atoms with Gasteiger partial charge in [0, 0.05) is 12.1 Å². The topological polar surface area (TPSA) is 100 Å². The van der Waals surface area contributed by atoms with Gasteiger partial charge in [-0.15, -0.1) is 5.10 Å². The zero-order valence-corrected chi connectivity index (χ0v) is 19.9. The summed E-state index contributed by atoms with van der Waals surface area (Å²) in [5.41, 5.74) is 9.91. The van der Waals surface area contributed by atoms with Crippen LogP contribution in [0.3, 0.4) is 0 Å². The van der Waals surface area contributed by atoms with Crippen molar-refractivity contribution in [2.75, 3.05) is 31.8 Å². The Balaban J connectivity index is 1.52. The number of methoxy groups -OCH3 is 2. The number of nitrogen functional groups attached to an aromatic ring is 1. The highest BCUT2D eigenvalue weighted by Crippen LogP contribution is 2.33. The van der Waals surface area contributed by atoms with Crippen LogP contribution in [-0.4, -0.2) is 40.5 Å². The van der Waals surface area contributed by atoms with Crippen LogP contribution in [0.2, 0.25) is 0 Å². The van der Waals surface area contributed by atoms with Crippen molar-refractivity contribution in [3.8, 4) is 28.4 Å². The van der Waals surface area contributed by atoms with Crippen LogP contribution in [0.4, 0.5) is 16.2 Å². The number of anilines is 2. The fourth-order valence-corrected chi connectivity index (χ4v) is 3.97. The Labute approximate surface area is 207 Å². The van der Waals surface area contributed by atoms with E-state index in [4.69, 9.17) is 20.2 Å². The number of nitrogens with zero attached hydrogens (tertiary/aromatic N) is 4. The maximum atomic E-state index is 14.1. The molecule has 0 saturated heterocycles. The van der Waals surface area contributed by atoms with Crippen LogP contribution in [0.15, 0.2) is 72.8 Å². The third-order valence-electron chi connectivity index (χ3n) is 5.84. The highest BCUT2D eigenvalue weighted by atomic mass is 19.1. The van der Waals surface area contributed by atoms with E-state index in [1.54, 1.807) is 31.0 Å². The lowest BCUT2D eigenvalue weighted by atomic mass is 10.1. The van der Waals surface area contributed by atoms with Crippen LogP contribution in [-0.2, 0) is 6.42 Å². The molecule has 0 saturated carbocycles. The summed E-state index contributed by atoms with van der Waals surface area (Å²) >= 11 is 0. The lowest BCUT2D eigenvalue weighted by Gasteiger charge is -2.09. The van der Waals surface area contributed by atoms with Crippen LogP contribution in [0.25, 0.3) is 28.0 Å². The number of aromatic nitrogens is 4. The average Bonchev–Trinajstić information content (AvgIpc) is 3.24. The van der Waals surface area contributed by atoms with Crippen molar-refractivity contribution >= 4 is 22.8 Å². The van der Waals surface area contributed by atoms with Crippen molar-refractivity contribution < 1.29 is 13.9 Å². The Morgan fingerprint density at radius 3 is 2.28 bits per heavy atom. The molecule has 0 aliphatic carbocycles. The number of ether oxygens (including phenoxy) is 2. The molecular formula is C27H25FN6O2. The third kappa shape index (κ3) is 4.63. The van der Waals surface area contributed by atoms with Crippen molar-refractivity contribution in [3.05, 3.63) is 84.2 Å². The summed E-state index contributed by atoms with van der Waals surface area (Å²) < 4.78 is 26.2. The zero-order chi connectivity index (χ0) is 25.1. The molecule has 9 heteroatoms. The number of fused-ring (bicyclic) bond motifs is 1. The van der Waals surface area contributed by atoms with E-state index in [1.165, 1.54) is 12.1 Å². The number of nitrogens with two attached hydrogens (primary N) is 1. The first kappa shape index (κ1) is 23.1. The Morgan fingerprint density at radius 1 is 0.917 bits per heavy atom. The van der Waals surface area contributed by atoms with Crippen LogP contribution < -0.4 is 20.5 Å². The van der Waals surface area contributed by atoms with Crippen molar-refractivity contribution in [2.24, 2.45) is 0 Å². The zero-order valence-electron chi connectivity index (χ0n) is 19.9. The Bertz CT molecular complexity index is 1500. The fourth-order valence-electron chi connectivity index (χ4n) is 3.97. The normalized spacial score (nSPS) is 11.0. The molecule has 182 valence electrons. The van der Waals surface area contributed by atoms with Gasteiger partial charge < -0.3 is 20.5 Å². The van der Waals surface area contributed by atoms with Crippen LogP contribution in [0.1, 0.15) is 5.56 Å². The lowest BCUT2D eigenvalue weighted by molar-refractivity contribution is 0.414. The predicted molar refractivity (Wildman–Crippen MR) is 138 cm³/mol. The van der Waals surface area contributed by atoms with Crippen molar-refractivity contribution in [1.29, 1.82) is 0 Å². The minimum atomic E-state index is -0.366. The van der Waals surface area contributed by atoms with Gasteiger partial charge in [0.1, 0.15) is 23.1 Å². The molecule has 0 unspecified atom stereocenters. The van der Waals surface area contributed by atoms with E-state index >= 15 is 0 Å². The number of benzene rings is 3. The van der Waals surface area contributed by atoms with Gasteiger partial charge in [-0.3, -0.25) is 0 Å². The molecule has 3 aromatic carbocycles. The Hall–Kier alpha value is -4.66. The minimum Gasteiger partial charge on any atom is -0.497 e. The molecule has 8 nitrogen and oxygen atoms in total. The first-order valence-electron chi connectivity index (χ1n) is 11.4. The highest BCUT2D eigenvalue weighted by Gasteiger charge is 2.19. The van der Waals surface area contributed by atoms with Crippen molar-refractivity contribution in [1.82, 2.24) is 19.7 Å². The van der Waals surface area contributed by atoms with Gasteiger partial charge in [0.25, 0.3) is 0 Å². The molecule has 0 fully saturated rings. The second kappa shape index (κ2) is 9.91. The van der Waals surface area contributed by atoms with Gasteiger partial charge in [0.2, 0.25) is 5.95 Å². The first-order chi connectivity index (χ1) is 17.6. The molecule has 0 aliphatic heterocycles. The maximum Gasteiger partial charge on any atom is 0.225 e. The molecule has 0 aliphatic rings. The Kier molecular flexibility index (Phi) is 6.36. The summed E-state index contributed by atoms with van der Waals surface area (Å²) in [5.74, 6) is 1.91. The summed E-state index contributed by atoms with van der Waals surface area (Å²) in [6, 6.07) is 21.5. The number of hydrogen-bond donors (Lipinski definition) is 2. The van der Waals surface area contributed by atoms with Crippen molar-refractivity contribution in [2.45, 2.75) is 6.42 Å². The van der Waals surface area contributed by atoms with Gasteiger partial charge in [0.15, 0.2) is 5.65 Å². The quantitative estimate of drug-likeness (QED) is 0.324. The number of nitrogens with one attached hydrogen (secondary N) is 1. The largest absolute Gasteiger partial charge is 0.497 e. The molecule has 5 rings (SSSR count). The molecule has 0 radical (unpaired) electrons. The monoisotopic (exact) mass is 484 g/mol. The van der Waals surface area contributed by atoms with Gasteiger partial charge in [-0.05, 0) is 60.5 Å². The average molecular weight is 485 g/mol.